The van der Waals surface area contributed by atoms with Gasteiger partial charge in [0.25, 0.3) is 5.91 Å². The van der Waals surface area contributed by atoms with Gasteiger partial charge in [0.15, 0.2) is 5.82 Å². The summed E-state index contributed by atoms with van der Waals surface area (Å²) in [4.78, 5) is 83.7. The van der Waals surface area contributed by atoms with Gasteiger partial charge in [-0.3, -0.25) is 34.2 Å². The Morgan fingerprint density at radius 1 is 0.952 bits per heavy atom. The van der Waals surface area contributed by atoms with Crippen molar-refractivity contribution >= 4 is 58.4 Å². The number of piperidine rings is 2. The number of nitrogens with two attached hydrogens (primary N) is 1. The third kappa shape index (κ3) is 9.05. The third-order valence-corrected chi connectivity index (χ3v) is 13.3. The molecule has 2 unspecified atom stereocenters. The number of carbonyl (C=O) groups excluding carboxylic acids is 5. The second-order valence-electron chi connectivity index (χ2n) is 17.2. The molecule has 17 nitrogen and oxygen atoms in total. The Labute approximate surface area is 362 Å². The van der Waals surface area contributed by atoms with E-state index in [4.69, 9.17) is 15.5 Å². The highest BCUT2D eigenvalue weighted by atomic mass is 16.5. The van der Waals surface area contributed by atoms with Crippen LogP contribution in [0.2, 0.25) is 0 Å². The number of rotatable bonds is 12. The molecule has 5 heterocycles. The topological polar surface area (TPSA) is 199 Å². The second kappa shape index (κ2) is 18.7. The lowest BCUT2D eigenvalue weighted by molar-refractivity contribution is -0.135. The minimum atomic E-state index is -0.642. The van der Waals surface area contributed by atoms with Crippen LogP contribution < -0.4 is 41.1 Å². The molecule has 330 valence electrons. The molecule has 2 aromatic carbocycles. The Balaban J connectivity index is 0.800. The van der Waals surface area contributed by atoms with Gasteiger partial charge in [0, 0.05) is 82.6 Å². The number of likely N-dealkylation sites (tertiary alicyclic amines) is 1. The number of likely N-dealkylation sites (N-methyl/N-ethyl adjacent to an activating group) is 1. The van der Waals surface area contributed by atoms with Gasteiger partial charge in [0.2, 0.25) is 29.6 Å². The molecule has 5 aliphatic rings. The molecule has 0 radical (unpaired) electrons. The number of fused-ring (bicyclic) bond motifs is 1. The summed E-state index contributed by atoms with van der Waals surface area (Å²) in [6.07, 6.45) is 8.82. The lowest BCUT2D eigenvalue weighted by Gasteiger charge is -2.43. The maximum Gasteiger partial charge on any atom is 0.251 e. The average Bonchev–Trinajstić information content (AvgIpc) is 3.83. The van der Waals surface area contributed by atoms with E-state index in [1.165, 1.54) is 0 Å². The number of nitrogens with zero attached hydrogens (tertiary/aromatic N) is 7. The van der Waals surface area contributed by atoms with Crippen molar-refractivity contribution in [3.63, 3.8) is 0 Å². The van der Waals surface area contributed by atoms with Crippen LogP contribution in [0, 0.1) is 0 Å². The summed E-state index contributed by atoms with van der Waals surface area (Å²) >= 11 is 0. The Morgan fingerprint density at radius 3 is 2.35 bits per heavy atom. The Bertz CT molecular complexity index is 2150. The summed E-state index contributed by atoms with van der Waals surface area (Å²) in [5.74, 6) is 0.587. The first-order chi connectivity index (χ1) is 30.0. The van der Waals surface area contributed by atoms with E-state index in [1.807, 2.05) is 36.1 Å². The molecule has 3 atom stereocenters. The molecule has 4 aliphatic heterocycles. The van der Waals surface area contributed by atoms with Crippen molar-refractivity contribution < 1.29 is 28.7 Å². The summed E-state index contributed by atoms with van der Waals surface area (Å²) in [5, 5.41) is 8.86. The summed E-state index contributed by atoms with van der Waals surface area (Å²) in [5.41, 5.74) is 10.2. The van der Waals surface area contributed by atoms with Crippen molar-refractivity contribution in [3.8, 4) is 5.75 Å². The fourth-order valence-electron chi connectivity index (χ4n) is 9.72. The second-order valence-corrected chi connectivity index (χ2v) is 17.2. The smallest absolute Gasteiger partial charge is 0.251 e. The predicted octanol–water partition coefficient (Wildman–Crippen LogP) is 3.12. The first-order valence-corrected chi connectivity index (χ1v) is 22.2. The van der Waals surface area contributed by atoms with Crippen LogP contribution in [0.4, 0.5) is 28.8 Å². The Hall–Kier alpha value is -5.81. The molecule has 0 spiro atoms. The number of hydrogen-bond donors (Lipinski definition) is 4. The summed E-state index contributed by atoms with van der Waals surface area (Å²) < 4.78 is 5.71. The van der Waals surface area contributed by atoms with Crippen LogP contribution in [0.5, 0.6) is 5.75 Å². The van der Waals surface area contributed by atoms with Gasteiger partial charge in [0.1, 0.15) is 17.5 Å². The molecule has 5 N–H and O–H groups in total. The number of nitrogens with one attached hydrogen (secondary N) is 3. The number of amides is 5. The van der Waals surface area contributed by atoms with Gasteiger partial charge >= 0.3 is 0 Å². The molecule has 0 bridgehead atoms. The van der Waals surface area contributed by atoms with E-state index in [9.17, 15) is 24.0 Å². The Morgan fingerprint density at radius 2 is 1.68 bits per heavy atom. The Kier molecular flexibility index (Phi) is 12.9. The summed E-state index contributed by atoms with van der Waals surface area (Å²) in [7, 11) is 3.33. The van der Waals surface area contributed by atoms with Crippen molar-refractivity contribution in [2.45, 2.75) is 94.8 Å². The predicted molar refractivity (Wildman–Crippen MR) is 236 cm³/mol. The average molecular weight is 850 g/mol. The van der Waals surface area contributed by atoms with E-state index in [1.54, 1.807) is 43.5 Å². The summed E-state index contributed by atoms with van der Waals surface area (Å²) in [6.45, 7) is 6.65. The molecule has 3 saturated heterocycles. The number of methoxy groups -OCH3 is 1. The van der Waals surface area contributed by atoms with Crippen LogP contribution in [-0.4, -0.2) is 133 Å². The molecule has 8 rings (SSSR count). The van der Waals surface area contributed by atoms with Crippen molar-refractivity contribution in [1.29, 1.82) is 0 Å². The van der Waals surface area contributed by atoms with E-state index in [-0.39, 0.29) is 53.6 Å². The van der Waals surface area contributed by atoms with Crippen molar-refractivity contribution in [2.75, 3.05) is 80.0 Å². The normalized spacial score (nSPS) is 22.0. The number of benzene rings is 2. The summed E-state index contributed by atoms with van der Waals surface area (Å²) in [6, 6.07) is 12.5. The van der Waals surface area contributed by atoms with Gasteiger partial charge in [-0.25, -0.2) is 4.98 Å². The highest BCUT2D eigenvalue weighted by molar-refractivity contribution is 6.04. The maximum absolute atomic E-state index is 13.5. The molecule has 5 amide bonds. The quantitative estimate of drug-likeness (QED) is 0.194. The molecule has 1 saturated carbocycles. The van der Waals surface area contributed by atoms with Crippen LogP contribution in [0.15, 0.2) is 48.7 Å². The van der Waals surface area contributed by atoms with Crippen molar-refractivity contribution in [1.82, 2.24) is 30.4 Å². The number of hydrogen-bond acceptors (Lipinski definition) is 13. The number of piperazine rings is 1. The molecule has 62 heavy (non-hydrogen) atoms. The lowest BCUT2D eigenvalue weighted by Crippen LogP contribution is -2.56. The zero-order valence-electron chi connectivity index (χ0n) is 36.0. The molecule has 1 aliphatic carbocycles. The third-order valence-electron chi connectivity index (χ3n) is 13.3. The van der Waals surface area contributed by atoms with Crippen LogP contribution in [-0.2, 0) is 19.2 Å². The van der Waals surface area contributed by atoms with E-state index in [0.717, 1.165) is 68.9 Å². The number of ether oxygens (including phenoxy) is 1. The first kappa shape index (κ1) is 42.9. The molecule has 17 heteroatoms. The SMILES string of the molecule is CC[C@@H]1C(=O)N(C)c2cnc(Nc3ccc(C(=O)NC4CCN(C(=O)C(N)CN5CCN(c6ccc(C7CCC(=O)NC7=O)cc6)CC5)CC4)cc3OC)nc2N1C1CCCC1. The van der Waals surface area contributed by atoms with Gasteiger partial charge in [-0.2, -0.15) is 4.98 Å². The monoisotopic (exact) mass is 849 g/mol. The van der Waals surface area contributed by atoms with Gasteiger partial charge in [-0.15, -0.1) is 0 Å². The van der Waals surface area contributed by atoms with Crippen LogP contribution in [0.25, 0.3) is 0 Å². The maximum atomic E-state index is 13.5. The zero-order chi connectivity index (χ0) is 43.5. The van der Waals surface area contributed by atoms with Crippen LogP contribution >= 0.6 is 0 Å². The van der Waals surface area contributed by atoms with Gasteiger partial charge < -0.3 is 40.7 Å². The lowest BCUT2D eigenvalue weighted by atomic mass is 9.90. The van der Waals surface area contributed by atoms with Crippen molar-refractivity contribution in [3.05, 3.63) is 59.8 Å². The number of anilines is 5. The van der Waals surface area contributed by atoms with E-state index in [0.29, 0.717) is 80.4 Å². The number of aromatic nitrogens is 2. The molecular weight excluding hydrogens is 791 g/mol. The molecule has 3 aromatic rings. The number of imide groups is 1. The van der Waals surface area contributed by atoms with Gasteiger partial charge in [-0.05, 0) is 74.4 Å². The number of carbonyl (C=O) groups is 5. The minimum absolute atomic E-state index is 0.0591. The first-order valence-electron chi connectivity index (χ1n) is 22.2. The zero-order valence-corrected chi connectivity index (χ0v) is 36.0. The minimum Gasteiger partial charge on any atom is -0.495 e. The van der Waals surface area contributed by atoms with Gasteiger partial charge in [0.05, 0.1) is 31.0 Å². The fraction of sp³-hybridized carbons (Fsp3) is 0.533. The highest BCUT2D eigenvalue weighted by Crippen LogP contribution is 2.40. The standard InChI is InChI=1S/C45H59N11O6/c1-4-36-44(61)52(2)37-26-47-45(51-40(37)56(36)32-7-5-6-8-32)49-35-15-11-29(25-38(35)62-3)41(58)48-30-17-19-55(20-18-30)43(60)34(46)27-53-21-23-54(24-22-53)31-12-9-28(10-13-31)33-14-16-39(57)50-42(33)59/h9-13,15,25-26,30,32-34,36H,4-8,14,16-24,27,46H2,1-3H3,(H,48,58)(H,47,49,51)(H,50,57,59)/t33?,34?,36-/m1/s1. The van der Waals surface area contributed by atoms with Crippen LogP contribution in [0.1, 0.15) is 86.6 Å². The van der Waals surface area contributed by atoms with Gasteiger partial charge in [-0.1, -0.05) is 31.9 Å². The fourth-order valence-corrected chi connectivity index (χ4v) is 9.72. The molecule has 4 fully saturated rings. The molecular formula is C45H59N11O6. The van der Waals surface area contributed by atoms with E-state index in [2.05, 4.69) is 35.6 Å². The van der Waals surface area contributed by atoms with Crippen molar-refractivity contribution in [2.24, 2.45) is 5.73 Å². The van der Waals surface area contributed by atoms with E-state index < -0.39 is 6.04 Å². The molecule has 1 aromatic heterocycles. The highest BCUT2D eigenvalue weighted by Gasteiger charge is 2.41. The largest absolute Gasteiger partial charge is 0.495 e. The van der Waals surface area contributed by atoms with E-state index >= 15 is 0 Å². The van der Waals surface area contributed by atoms with Crippen LogP contribution in [0.3, 0.4) is 0 Å².